The van der Waals surface area contributed by atoms with Gasteiger partial charge in [-0.1, -0.05) is 26.2 Å². The summed E-state index contributed by atoms with van der Waals surface area (Å²) < 4.78 is 0. The lowest BCUT2D eigenvalue weighted by atomic mass is 9.68. The number of likely N-dealkylation sites (tertiary alicyclic amines) is 1. The van der Waals surface area contributed by atoms with E-state index in [4.69, 9.17) is 5.73 Å². The first-order valence-electron chi connectivity index (χ1n) is 9.14. The van der Waals surface area contributed by atoms with Gasteiger partial charge in [-0.05, 0) is 56.3 Å². The summed E-state index contributed by atoms with van der Waals surface area (Å²) in [6.07, 6.45) is 12.7. The van der Waals surface area contributed by atoms with Gasteiger partial charge in [0.15, 0.2) is 0 Å². The van der Waals surface area contributed by atoms with Crippen LogP contribution >= 0.6 is 0 Å². The summed E-state index contributed by atoms with van der Waals surface area (Å²) in [5.74, 6) is 1.11. The van der Waals surface area contributed by atoms with Crippen molar-refractivity contribution in [3.05, 3.63) is 0 Å². The fourth-order valence-electron chi connectivity index (χ4n) is 4.93. The Bertz CT molecular complexity index is 365. The summed E-state index contributed by atoms with van der Waals surface area (Å²) in [7, 11) is 0. The molecule has 1 saturated heterocycles. The number of amides is 1. The Labute approximate surface area is 129 Å². The largest absolute Gasteiger partial charge is 0.342 e. The molecule has 120 valence electrons. The lowest BCUT2D eigenvalue weighted by molar-refractivity contribution is -0.140. The third-order valence-electron chi connectivity index (χ3n) is 6.53. The second-order valence-corrected chi connectivity index (χ2v) is 8.07. The first-order valence-corrected chi connectivity index (χ1v) is 9.14. The number of hydrogen-bond acceptors (Lipinski definition) is 2. The minimum absolute atomic E-state index is 0.0918. The second kappa shape index (κ2) is 6.28. The number of nitrogens with zero attached hydrogens (tertiary/aromatic N) is 1. The average molecular weight is 292 g/mol. The van der Waals surface area contributed by atoms with E-state index in [0.29, 0.717) is 17.2 Å². The summed E-state index contributed by atoms with van der Waals surface area (Å²) >= 11 is 0. The van der Waals surface area contributed by atoms with Crippen LogP contribution < -0.4 is 5.73 Å². The molecule has 2 N–H and O–H groups in total. The molecule has 0 aromatic carbocycles. The van der Waals surface area contributed by atoms with Gasteiger partial charge in [0.1, 0.15) is 0 Å². The first-order chi connectivity index (χ1) is 10.1. The fraction of sp³-hybridized carbons (Fsp3) is 0.944. The number of piperidine rings is 1. The maximum atomic E-state index is 12.8. The molecule has 1 heterocycles. The normalized spacial score (nSPS) is 36.7. The Morgan fingerprint density at radius 1 is 1.05 bits per heavy atom. The highest BCUT2D eigenvalue weighted by molar-refractivity contribution is 5.79. The van der Waals surface area contributed by atoms with Crippen LogP contribution in [0.5, 0.6) is 0 Å². The highest BCUT2D eigenvalue weighted by Crippen LogP contribution is 2.44. The van der Waals surface area contributed by atoms with Crippen LogP contribution in [-0.2, 0) is 4.79 Å². The predicted molar refractivity (Wildman–Crippen MR) is 85.8 cm³/mol. The van der Waals surface area contributed by atoms with Crippen LogP contribution in [0.2, 0.25) is 0 Å². The molecular formula is C18H32N2O. The van der Waals surface area contributed by atoms with Gasteiger partial charge in [-0.3, -0.25) is 4.79 Å². The molecule has 3 atom stereocenters. The number of hydrogen-bond donors (Lipinski definition) is 1. The van der Waals surface area contributed by atoms with Crippen molar-refractivity contribution in [2.24, 2.45) is 23.0 Å². The van der Waals surface area contributed by atoms with Crippen molar-refractivity contribution in [1.29, 1.82) is 0 Å². The molecule has 3 nitrogen and oxygen atoms in total. The van der Waals surface area contributed by atoms with E-state index in [-0.39, 0.29) is 12.0 Å². The lowest BCUT2D eigenvalue weighted by Crippen LogP contribution is -2.51. The zero-order chi connectivity index (χ0) is 14.9. The molecule has 3 aliphatic rings. The first kappa shape index (κ1) is 15.3. The maximum Gasteiger partial charge on any atom is 0.227 e. The van der Waals surface area contributed by atoms with Gasteiger partial charge in [0, 0.05) is 19.1 Å². The van der Waals surface area contributed by atoms with Crippen molar-refractivity contribution in [1.82, 2.24) is 4.90 Å². The third kappa shape index (κ3) is 3.28. The van der Waals surface area contributed by atoms with Gasteiger partial charge in [-0.2, -0.15) is 0 Å². The molecule has 3 heteroatoms. The molecule has 0 aromatic rings. The van der Waals surface area contributed by atoms with E-state index < -0.39 is 0 Å². The van der Waals surface area contributed by atoms with Crippen LogP contribution in [0, 0.1) is 17.3 Å². The molecule has 2 saturated carbocycles. The Kier molecular flexibility index (Phi) is 4.58. The van der Waals surface area contributed by atoms with E-state index in [1.165, 1.54) is 51.4 Å². The van der Waals surface area contributed by atoms with Crippen LogP contribution in [0.1, 0.15) is 71.1 Å². The maximum absolute atomic E-state index is 12.8. The molecule has 0 radical (unpaired) electrons. The second-order valence-electron chi connectivity index (χ2n) is 8.07. The fourth-order valence-corrected chi connectivity index (χ4v) is 4.93. The van der Waals surface area contributed by atoms with Gasteiger partial charge >= 0.3 is 0 Å². The van der Waals surface area contributed by atoms with Crippen molar-refractivity contribution in [3.8, 4) is 0 Å². The zero-order valence-electron chi connectivity index (χ0n) is 13.7. The molecule has 0 bridgehead atoms. The molecule has 1 amide bonds. The minimum atomic E-state index is 0.0918. The highest BCUT2D eigenvalue weighted by atomic mass is 16.2. The molecule has 3 rings (SSSR count). The van der Waals surface area contributed by atoms with Crippen molar-refractivity contribution < 1.29 is 4.79 Å². The lowest BCUT2D eigenvalue weighted by Gasteiger charge is -2.45. The van der Waals surface area contributed by atoms with Crippen LogP contribution in [-0.4, -0.2) is 29.9 Å². The minimum Gasteiger partial charge on any atom is -0.342 e. The van der Waals surface area contributed by atoms with Crippen LogP contribution in [0.15, 0.2) is 0 Å². The Hall–Kier alpha value is -0.570. The van der Waals surface area contributed by atoms with Crippen molar-refractivity contribution >= 4 is 5.91 Å². The van der Waals surface area contributed by atoms with E-state index in [2.05, 4.69) is 11.8 Å². The molecule has 3 fully saturated rings. The molecule has 0 aromatic heterocycles. The van der Waals surface area contributed by atoms with Gasteiger partial charge < -0.3 is 10.6 Å². The van der Waals surface area contributed by atoms with Crippen molar-refractivity contribution in [2.75, 3.05) is 13.1 Å². The summed E-state index contributed by atoms with van der Waals surface area (Å²) in [5, 5.41) is 0. The topological polar surface area (TPSA) is 46.3 Å². The van der Waals surface area contributed by atoms with Gasteiger partial charge in [0.2, 0.25) is 5.91 Å². The smallest absolute Gasteiger partial charge is 0.227 e. The van der Waals surface area contributed by atoms with E-state index >= 15 is 0 Å². The molecular weight excluding hydrogens is 260 g/mol. The van der Waals surface area contributed by atoms with E-state index in [1.807, 2.05) is 0 Å². The van der Waals surface area contributed by atoms with Crippen LogP contribution in [0.25, 0.3) is 0 Å². The standard InChI is InChI=1S/C18H32N2O/c1-14-5-6-16(19)15(13-14)17(21)20-11-9-18(10-12-20)7-3-2-4-8-18/h14-16H,2-13,19H2,1H3. The third-order valence-corrected chi connectivity index (χ3v) is 6.53. The quantitative estimate of drug-likeness (QED) is 0.806. The Morgan fingerprint density at radius 2 is 1.71 bits per heavy atom. The number of carbonyl (C=O) groups excluding carboxylic acids is 1. The van der Waals surface area contributed by atoms with Gasteiger partial charge in [0.05, 0.1) is 5.92 Å². The summed E-state index contributed by atoms with van der Waals surface area (Å²) in [4.78, 5) is 15.0. The molecule has 21 heavy (non-hydrogen) atoms. The highest BCUT2D eigenvalue weighted by Gasteiger charge is 2.40. The van der Waals surface area contributed by atoms with Crippen LogP contribution in [0.4, 0.5) is 0 Å². The zero-order valence-corrected chi connectivity index (χ0v) is 13.7. The van der Waals surface area contributed by atoms with Crippen molar-refractivity contribution in [3.63, 3.8) is 0 Å². The number of carbonyl (C=O) groups is 1. The van der Waals surface area contributed by atoms with Gasteiger partial charge in [-0.15, -0.1) is 0 Å². The predicted octanol–water partition coefficient (Wildman–Crippen LogP) is 3.32. The summed E-state index contributed by atoms with van der Waals surface area (Å²) in [5.41, 5.74) is 6.82. The summed E-state index contributed by atoms with van der Waals surface area (Å²) in [6, 6.07) is 0.0965. The van der Waals surface area contributed by atoms with Gasteiger partial charge in [-0.25, -0.2) is 0 Å². The average Bonchev–Trinajstić information content (AvgIpc) is 2.51. The number of nitrogens with two attached hydrogens (primary N) is 1. The Balaban J connectivity index is 1.57. The molecule has 1 aliphatic heterocycles. The van der Waals surface area contributed by atoms with E-state index in [0.717, 1.165) is 25.9 Å². The SMILES string of the molecule is CC1CCC(N)C(C(=O)N2CCC3(CCCCC3)CC2)C1. The molecule has 1 spiro atoms. The van der Waals surface area contributed by atoms with E-state index in [1.54, 1.807) is 0 Å². The summed E-state index contributed by atoms with van der Waals surface area (Å²) in [6.45, 7) is 4.23. The molecule has 2 aliphatic carbocycles. The number of rotatable bonds is 1. The molecule has 3 unspecified atom stereocenters. The Morgan fingerprint density at radius 3 is 2.38 bits per heavy atom. The van der Waals surface area contributed by atoms with Crippen molar-refractivity contribution in [2.45, 2.75) is 77.2 Å². The van der Waals surface area contributed by atoms with E-state index in [9.17, 15) is 4.79 Å². The van der Waals surface area contributed by atoms with Gasteiger partial charge in [0.25, 0.3) is 0 Å². The van der Waals surface area contributed by atoms with Crippen LogP contribution in [0.3, 0.4) is 0 Å². The monoisotopic (exact) mass is 292 g/mol.